The summed E-state index contributed by atoms with van der Waals surface area (Å²) in [6, 6.07) is 13.8. The van der Waals surface area contributed by atoms with Crippen LogP contribution in [0, 0.1) is 6.92 Å². The average molecular weight is 363 g/mol. The molecule has 1 fully saturated rings. The van der Waals surface area contributed by atoms with Gasteiger partial charge in [-0.2, -0.15) is 0 Å². The molecule has 0 saturated heterocycles. The highest BCUT2D eigenvalue weighted by molar-refractivity contribution is 5.98. The molecule has 2 aromatic rings. The largest absolute Gasteiger partial charge is 0.362 e. The molecule has 5 nitrogen and oxygen atoms in total. The third kappa shape index (κ3) is 4.13. The number of carbonyl (C=O) groups excluding carboxylic acids is 2. The van der Waals surface area contributed by atoms with E-state index in [1.807, 2.05) is 6.07 Å². The fourth-order valence-corrected chi connectivity index (χ4v) is 3.71. The third-order valence-corrected chi connectivity index (χ3v) is 5.17. The summed E-state index contributed by atoms with van der Waals surface area (Å²) in [7, 11) is 0. The van der Waals surface area contributed by atoms with Crippen LogP contribution in [0.15, 0.2) is 42.5 Å². The van der Waals surface area contributed by atoms with Gasteiger partial charge in [-0.3, -0.25) is 9.59 Å². The minimum Gasteiger partial charge on any atom is -0.362 e. The minimum atomic E-state index is -0.0748. The topological polar surface area (TPSA) is 61.4 Å². The molecule has 1 heterocycles. The van der Waals surface area contributed by atoms with Crippen molar-refractivity contribution in [2.75, 3.05) is 23.3 Å². The highest BCUT2D eigenvalue weighted by atomic mass is 16.2. The predicted octanol–water partition coefficient (Wildman–Crippen LogP) is 3.28. The summed E-state index contributed by atoms with van der Waals surface area (Å²) in [5.74, 6) is -0.139. The zero-order chi connectivity index (χ0) is 18.8. The molecule has 0 aromatic heterocycles. The molecular formula is C22H25N3O2. The number of carbonyl (C=O) groups is 2. The van der Waals surface area contributed by atoms with Crippen molar-refractivity contribution in [1.29, 1.82) is 0 Å². The van der Waals surface area contributed by atoms with Crippen molar-refractivity contribution in [1.82, 2.24) is 5.32 Å². The zero-order valence-corrected chi connectivity index (χ0v) is 15.6. The quantitative estimate of drug-likeness (QED) is 0.857. The Morgan fingerprint density at radius 3 is 2.78 bits per heavy atom. The summed E-state index contributed by atoms with van der Waals surface area (Å²) in [6.45, 7) is 3.29. The number of para-hydroxylation sites is 1. The molecule has 0 spiro atoms. The number of aryl methyl sites for hydroxylation is 2. The predicted molar refractivity (Wildman–Crippen MR) is 107 cm³/mol. The molecule has 4 rings (SSSR count). The van der Waals surface area contributed by atoms with E-state index in [0.29, 0.717) is 23.8 Å². The van der Waals surface area contributed by atoms with Crippen molar-refractivity contribution >= 4 is 23.2 Å². The summed E-state index contributed by atoms with van der Waals surface area (Å²) < 4.78 is 0. The van der Waals surface area contributed by atoms with Crippen molar-refractivity contribution in [3.8, 4) is 0 Å². The number of anilines is 2. The molecule has 2 aliphatic rings. The molecule has 1 aliphatic heterocycles. The first-order valence-electron chi connectivity index (χ1n) is 9.64. The van der Waals surface area contributed by atoms with E-state index in [-0.39, 0.29) is 11.8 Å². The van der Waals surface area contributed by atoms with Crippen molar-refractivity contribution in [2.45, 2.75) is 38.6 Å². The van der Waals surface area contributed by atoms with E-state index in [9.17, 15) is 9.59 Å². The van der Waals surface area contributed by atoms with Crippen LogP contribution < -0.4 is 15.5 Å². The molecule has 0 bridgehead atoms. The van der Waals surface area contributed by atoms with E-state index in [0.717, 1.165) is 32.2 Å². The maximum atomic E-state index is 12.6. The molecule has 2 amide bonds. The van der Waals surface area contributed by atoms with Crippen LogP contribution in [0.2, 0.25) is 0 Å². The lowest BCUT2D eigenvalue weighted by atomic mass is 9.98. The lowest BCUT2D eigenvalue weighted by molar-refractivity contribution is -0.115. The monoisotopic (exact) mass is 363 g/mol. The molecule has 0 radical (unpaired) electrons. The van der Waals surface area contributed by atoms with Crippen molar-refractivity contribution in [3.63, 3.8) is 0 Å². The first kappa shape index (κ1) is 17.6. The van der Waals surface area contributed by atoms with Gasteiger partial charge in [0.15, 0.2) is 0 Å². The number of hydrogen-bond acceptors (Lipinski definition) is 3. The minimum absolute atomic E-state index is 0.0640. The van der Waals surface area contributed by atoms with Gasteiger partial charge in [0.05, 0.1) is 6.54 Å². The van der Waals surface area contributed by atoms with Crippen LogP contribution in [0.3, 0.4) is 0 Å². The Morgan fingerprint density at radius 1 is 1.15 bits per heavy atom. The fourth-order valence-electron chi connectivity index (χ4n) is 3.71. The first-order chi connectivity index (χ1) is 13.1. The van der Waals surface area contributed by atoms with Gasteiger partial charge in [0, 0.05) is 29.5 Å². The SMILES string of the molecule is Cc1cccc2c1N(CC(=O)Nc1cccc(C(=O)NC3CC3)c1)CCC2. The Kier molecular flexibility index (Phi) is 4.84. The third-order valence-electron chi connectivity index (χ3n) is 5.17. The number of nitrogens with one attached hydrogen (secondary N) is 2. The lowest BCUT2D eigenvalue weighted by Crippen LogP contribution is -2.37. The average Bonchev–Trinajstić information content (AvgIpc) is 3.46. The number of fused-ring (bicyclic) bond motifs is 1. The molecule has 1 aliphatic carbocycles. The van der Waals surface area contributed by atoms with E-state index in [2.05, 4.69) is 40.7 Å². The summed E-state index contributed by atoms with van der Waals surface area (Å²) in [5, 5.41) is 5.92. The van der Waals surface area contributed by atoms with E-state index in [1.165, 1.54) is 16.8 Å². The maximum Gasteiger partial charge on any atom is 0.251 e. The second kappa shape index (κ2) is 7.43. The van der Waals surface area contributed by atoms with E-state index < -0.39 is 0 Å². The van der Waals surface area contributed by atoms with Crippen LogP contribution in [0.5, 0.6) is 0 Å². The van der Waals surface area contributed by atoms with Gasteiger partial charge in [-0.05, 0) is 61.9 Å². The van der Waals surface area contributed by atoms with E-state index in [1.54, 1.807) is 18.2 Å². The molecule has 2 aromatic carbocycles. The van der Waals surface area contributed by atoms with Crippen LogP contribution in [-0.2, 0) is 11.2 Å². The Balaban J connectivity index is 1.42. The fraction of sp³-hybridized carbons (Fsp3) is 0.364. The van der Waals surface area contributed by atoms with E-state index >= 15 is 0 Å². The van der Waals surface area contributed by atoms with Gasteiger partial charge in [0.2, 0.25) is 5.91 Å². The molecule has 5 heteroatoms. The first-order valence-corrected chi connectivity index (χ1v) is 9.64. The van der Waals surface area contributed by atoms with Gasteiger partial charge >= 0.3 is 0 Å². The Hall–Kier alpha value is -2.82. The Bertz CT molecular complexity index is 874. The van der Waals surface area contributed by atoms with Gasteiger partial charge in [-0.1, -0.05) is 24.3 Å². The smallest absolute Gasteiger partial charge is 0.251 e. The highest BCUT2D eigenvalue weighted by Gasteiger charge is 2.24. The second-order valence-corrected chi connectivity index (χ2v) is 7.48. The molecule has 2 N–H and O–H groups in total. The number of nitrogens with zero attached hydrogens (tertiary/aromatic N) is 1. The van der Waals surface area contributed by atoms with Crippen LogP contribution >= 0.6 is 0 Å². The number of hydrogen-bond donors (Lipinski definition) is 2. The van der Waals surface area contributed by atoms with Crippen LogP contribution in [0.25, 0.3) is 0 Å². The normalized spacial score (nSPS) is 15.8. The number of benzene rings is 2. The Labute approximate surface area is 159 Å². The van der Waals surface area contributed by atoms with E-state index in [4.69, 9.17) is 0 Å². The molecule has 0 unspecified atom stereocenters. The van der Waals surface area contributed by atoms with Crippen LogP contribution in [0.4, 0.5) is 11.4 Å². The second-order valence-electron chi connectivity index (χ2n) is 7.48. The van der Waals surface area contributed by atoms with Gasteiger partial charge in [-0.15, -0.1) is 0 Å². The lowest BCUT2D eigenvalue weighted by Gasteiger charge is -2.32. The van der Waals surface area contributed by atoms with Gasteiger partial charge < -0.3 is 15.5 Å². The van der Waals surface area contributed by atoms with Crippen molar-refractivity contribution in [3.05, 3.63) is 59.2 Å². The number of rotatable bonds is 5. The molecule has 1 saturated carbocycles. The highest BCUT2D eigenvalue weighted by Crippen LogP contribution is 2.30. The Morgan fingerprint density at radius 2 is 1.96 bits per heavy atom. The summed E-state index contributed by atoms with van der Waals surface area (Å²) in [4.78, 5) is 27.0. The molecular weight excluding hydrogens is 338 g/mol. The summed E-state index contributed by atoms with van der Waals surface area (Å²) >= 11 is 0. The zero-order valence-electron chi connectivity index (χ0n) is 15.6. The standard InChI is InChI=1S/C22H25N3O2/c1-15-5-2-6-16-8-4-12-25(21(15)16)14-20(26)23-19-9-3-7-17(13-19)22(27)24-18-10-11-18/h2-3,5-7,9,13,18H,4,8,10-12,14H2,1H3,(H,23,26)(H,24,27). The van der Waals surface area contributed by atoms with Gasteiger partial charge in [0.1, 0.15) is 0 Å². The molecule has 27 heavy (non-hydrogen) atoms. The van der Waals surface area contributed by atoms with Crippen LogP contribution in [-0.4, -0.2) is 30.9 Å². The molecule has 0 atom stereocenters. The van der Waals surface area contributed by atoms with Gasteiger partial charge in [0.25, 0.3) is 5.91 Å². The van der Waals surface area contributed by atoms with Gasteiger partial charge in [-0.25, -0.2) is 0 Å². The van der Waals surface area contributed by atoms with Crippen molar-refractivity contribution in [2.24, 2.45) is 0 Å². The number of amides is 2. The molecule has 140 valence electrons. The van der Waals surface area contributed by atoms with Crippen molar-refractivity contribution < 1.29 is 9.59 Å². The maximum absolute atomic E-state index is 12.6. The van der Waals surface area contributed by atoms with Crippen LogP contribution in [0.1, 0.15) is 40.7 Å². The summed E-state index contributed by atoms with van der Waals surface area (Å²) in [6.07, 6.45) is 4.23. The summed E-state index contributed by atoms with van der Waals surface area (Å²) in [5.41, 5.74) is 4.95.